The van der Waals surface area contributed by atoms with Crippen molar-refractivity contribution in [1.29, 1.82) is 0 Å². The number of benzene rings is 2. The molecule has 0 fully saturated rings. The van der Waals surface area contributed by atoms with Gasteiger partial charge in [-0.1, -0.05) is 56.3 Å². The maximum Gasteiger partial charge on any atom is 0.408 e. The number of aliphatic carboxylic acids is 1. The van der Waals surface area contributed by atoms with Gasteiger partial charge < -0.3 is 25.2 Å². The van der Waals surface area contributed by atoms with E-state index in [-0.39, 0.29) is 24.5 Å². The summed E-state index contributed by atoms with van der Waals surface area (Å²) in [5.41, 5.74) is 0.786. The molecule has 0 unspecified atom stereocenters. The van der Waals surface area contributed by atoms with Crippen molar-refractivity contribution < 1.29 is 38.7 Å². The van der Waals surface area contributed by atoms with Crippen LogP contribution < -0.4 is 10.6 Å². The lowest BCUT2D eigenvalue weighted by molar-refractivity contribution is -0.384. The van der Waals surface area contributed by atoms with Crippen molar-refractivity contribution in [3.8, 4) is 0 Å². The summed E-state index contributed by atoms with van der Waals surface area (Å²) < 4.78 is 10.1. The molecular weight excluding hydrogens is 498 g/mol. The molecule has 12 heteroatoms. The molecule has 38 heavy (non-hydrogen) atoms. The summed E-state index contributed by atoms with van der Waals surface area (Å²) in [4.78, 5) is 60.5. The molecule has 2 rings (SSSR count). The molecule has 12 nitrogen and oxygen atoms in total. The lowest BCUT2D eigenvalue weighted by atomic mass is 9.87. The van der Waals surface area contributed by atoms with Crippen molar-refractivity contribution in [1.82, 2.24) is 10.6 Å². The molecule has 0 aromatic heterocycles. The van der Waals surface area contributed by atoms with Crippen molar-refractivity contribution in [2.24, 2.45) is 5.92 Å². The first-order valence-electron chi connectivity index (χ1n) is 11.9. The molecule has 0 heterocycles. The number of hydrogen-bond acceptors (Lipinski definition) is 8. The third-order valence-corrected chi connectivity index (χ3v) is 5.63. The summed E-state index contributed by atoms with van der Waals surface area (Å²) in [6.45, 7) is 4.93. The second-order valence-electron chi connectivity index (χ2n) is 8.72. The van der Waals surface area contributed by atoms with Gasteiger partial charge in [0, 0.05) is 18.1 Å². The highest BCUT2D eigenvalue weighted by molar-refractivity contribution is 5.90. The second-order valence-corrected chi connectivity index (χ2v) is 8.72. The van der Waals surface area contributed by atoms with Crippen molar-refractivity contribution >= 4 is 29.6 Å². The molecule has 2 amide bonds. The summed E-state index contributed by atoms with van der Waals surface area (Å²) in [5, 5.41) is 25.9. The maximum absolute atomic E-state index is 13.1. The normalized spacial score (nSPS) is 13.1. The van der Waals surface area contributed by atoms with E-state index in [1.165, 1.54) is 24.3 Å². The monoisotopic (exact) mass is 529 g/mol. The lowest BCUT2D eigenvalue weighted by Crippen LogP contribution is -2.55. The lowest BCUT2D eigenvalue weighted by Gasteiger charge is -2.28. The molecule has 0 aliphatic heterocycles. The van der Waals surface area contributed by atoms with E-state index in [1.807, 2.05) is 6.07 Å². The largest absolute Gasteiger partial charge is 0.480 e. The zero-order valence-electron chi connectivity index (χ0n) is 21.3. The Kier molecular flexibility index (Phi) is 11.2. The van der Waals surface area contributed by atoms with E-state index in [4.69, 9.17) is 9.47 Å². The number of nitro groups is 1. The Hall–Kier alpha value is -4.48. The number of non-ortho nitro benzene ring substituents is 1. The molecule has 0 saturated heterocycles. The summed E-state index contributed by atoms with van der Waals surface area (Å²) >= 11 is 0. The molecular formula is C26H31N3O9. The minimum atomic E-state index is -1.61. The highest BCUT2D eigenvalue weighted by Crippen LogP contribution is 2.27. The highest BCUT2D eigenvalue weighted by Gasteiger charge is 2.36. The van der Waals surface area contributed by atoms with E-state index in [0.717, 1.165) is 5.56 Å². The van der Waals surface area contributed by atoms with Crippen molar-refractivity contribution in [2.45, 2.75) is 51.8 Å². The number of alkyl carbamates (subject to hydrolysis) is 1. The van der Waals surface area contributed by atoms with E-state index >= 15 is 0 Å². The van der Waals surface area contributed by atoms with Crippen LogP contribution in [0.4, 0.5) is 10.5 Å². The van der Waals surface area contributed by atoms with Gasteiger partial charge in [0.1, 0.15) is 18.7 Å². The Bertz CT molecular complexity index is 1120. The number of esters is 1. The minimum absolute atomic E-state index is 0.0292. The first-order valence-corrected chi connectivity index (χ1v) is 11.9. The molecule has 3 N–H and O–H groups in total. The van der Waals surface area contributed by atoms with Gasteiger partial charge in [-0.05, 0) is 24.0 Å². The number of amides is 2. The quantitative estimate of drug-likeness (QED) is 0.200. The van der Waals surface area contributed by atoms with E-state index in [9.17, 15) is 34.4 Å². The number of carboxylic acid groups (broad SMARTS) is 1. The topological polar surface area (TPSA) is 174 Å². The van der Waals surface area contributed by atoms with Gasteiger partial charge in [-0.2, -0.15) is 0 Å². The third kappa shape index (κ3) is 8.87. The van der Waals surface area contributed by atoms with Gasteiger partial charge in [0.05, 0.1) is 18.0 Å². The van der Waals surface area contributed by atoms with Crippen LogP contribution >= 0.6 is 0 Å². The average Bonchev–Trinajstić information content (AvgIpc) is 2.88. The second kappa shape index (κ2) is 14.3. The number of carbonyl (C=O) groups excluding carboxylic acids is 3. The molecule has 0 saturated carbocycles. The van der Waals surface area contributed by atoms with Gasteiger partial charge in [0.2, 0.25) is 5.91 Å². The Morgan fingerprint density at radius 2 is 1.58 bits per heavy atom. The average molecular weight is 530 g/mol. The number of carbonyl (C=O) groups is 4. The molecule has 0 aliphatic carbocycles. The Morgan fingerprint density at radius 1 is 0.947 bits per heavy atom. The molecule has 0 spiro atoms. The van der Waals surface area contributed by atoms with Crippen LogP contribution in [0.15, 0.2) is 54.6 Å². The van der Waals surface area contributed by atoms with Crippen LogP contribution in [0.5, 0.6) is 0 Å². The van der Waals surface area contributed by atoms with Gasteiger partial charge >= 0.3 is 18.0 Å². The SMILES string of the molecule is CCOC(=O)C[C@@H](c1ccc([N+](=O)[O-])cc1)[C@@H](NC(=O)[C@@H](NC(=O)OCc1ccccc1)C(C)C)C(=O)O. The molecule has 3 atom stereocenters. The summed E-state index contributed by atoms with van der Waals surface area (Å²) in [6.07, 6.45) is -1.28. The number of nitro benzene ring substituents is 1. The predicted molar refractivity (Wildman–Crippen MR) is 135 cm³/mol. The fraction of sp³-hybridized carbons (Fsp3) is 0.385. The highest BCUT2D eigenvalue weighted by atomic mass is 16.6. The molecule has 0 radical (unpaired) electrons. The van der Waals surface area contributed by atoms with Crippen LogP contribution in [0.1, 0.15) is 44.2 Å². The van der Waals surface area contributed by atoms with Crippen molar-refractivity contribution in [2.75, 3.05) is 6.61 Å². The fourth-order valence-electron chi connectivity index (χ4n) is 3.68. The van der Waals surface area contributed by atoms with Crippen molar-refractivity contribution in [3.63, 3.8) is 0 Å². The summed E-state index contributed by atoms with van der Waals surface area (Å²) in [6, 6.07) is 11.1. The zero-order chi connectivity index (χ0) is 28.2. The van der Waals surface area contributed by atoms with Crippen LogP contribution in [0.3, 0.4) is 0 Å². The fourth-order valence-corrected chi connectivity index (χ4v) is 3.68. The van der Waals surface area contributed by atoms with Crippen molar-refractivity contribution in [3.05, 3.63) is 75.8 Å². The van der Waals surface area contributed by atoms with Gasteiger partial charge in [0.25, 0.3) is 5.69 Å². The first-order chi connectivity index (χ1) is 18.0. The molecule has 2 aromatic carbocycles. The number of nitrogens with one attached hydrogen (secondary N) is 2. The smallest absolute Gasteiger partial charge is 0.408 e. The number of rotatable bonds is 13. The van der Waals surface area contributed by atoms with Crippen LogP contribution in [0, 0.1) is 16.0 Å². The molecule has 0 bridgehead atoms. The molecule has 204 valence electrons. The summed E-state index contributed by atoms with van der Waals surface area (Å²) in [7, 11) is 0. The van der Waals surface area contributed by atoms with E-state index in [1.54, 1.807) is 45.0 Å². The first kappa shape index (κ1) is 29.7. The number of hydrogen-bond donors (Lipinski definition) is 3. The number of ether oxygens (including phenoxy) is 2. The minimum Gasteiger partial charge on any atom is -0.480 e. The summed E-state index contributed by atoms with van der Waals surface area (Å²) in [5.74, 6) is -4.52. The Morgan fingerprint density at radius 3 is 2.11 bits per heavy atom. The van der Waals surface area contributed by atoms with E-state index in [2.05, 4.69) is 10.6 Å². The van der Waals surface area contributed by atoms with Gasteiger partial charge in [-0.15, -0.1) is 0 Å². The van der Waals surface area contributed by atoms with Crippen LogP contribution in [-0.4, -0.2) is 52.7 Å². The number of nitrogens with zero attached hydrogens (tertiary/aromatic N) is 1. The van der Waals surface area contributed by atoms with Crippen LogP contribution in [0.2, 0.25) is 0 Å². The van der Waals surface area contributed by atoms with Crippen LogP contribution in [0.25, 0.3) is 0 Å². The molecule has 0 aliphatic rings. The van der Waals surface area contributed by atoms with E-state index in [0.29, 0.717) is 0 Å². The Balaban J connectivity index is 2.23. The van der Waals surface area contributed by atoms with Crippen LogP contribution in [-0.2, 0) is 30.5 Å². The van der Waals surface area contributed by atoms with Gasteiger partial charge in [-0.25, -0.2) is 9.59 Å². The van der Waals surface area contributed by atoms with Gasteiger partial charge in [0.15, 0.2) is 0 Å². The zero-order valence-corrected chi connectivity index (χ0v) is 21.3. The third-order valence-electron chi connectivity index (χ3n) is 5.63. The Labute approximate surface area is 219 Å². The molecule has 2 aromatic rings. The number of carboxylic acids is 1. The maximum atomic E-state index is 13.1. The predicted octanol–water partition coefficient (Wildman–Crippen LogP) is 3.15. The van der Waals surface area contributed by atoms with E-state index < -0.39 is 59.2 Å². The van der Waals surface area contributed by atoms with Gasteiger partial charge in [-0.3, -0.25) is 19.7 Å². The standard InChI is InChI=1S/C26H31N3O9/c1-4-37-21(30)14-20(18-10-12-19(13-11-18)29(35)36)23(25(32)33)27-24(31)22(16(2)3)28-26(34)38-15-17-8-6-5-7-9-17/h5-13,16,20,22-23H,4,14-15H2,1-3H3,(H,27,31)(H,28,34)(H,32,33)/t20-,22-,23+/m0/s1.